The molecule has 198 valence electrons. The van der Waals surface area contributed by atoms with E-state index < -0.39 is 12.1 Å². The van der Waals surface area contributed by atoms with Gasteiger partial charge in [-0.2, -0.15) is 5.26 Å². The first-order chi connectivity index (χ1) is 18.3. The predicted octanol–water partition coefficient (Wildman–Crippen LogP) is 5.41. The number of esters is 1. The third-order valence-electron chi connectivity index (χ3n) is 5.62. The van der Waals surface area contributed by atoms with E-state index in [1.165, 1.54) is 29.8 Å². The summed E-state index contributed by atoms with van der Waals surface area (Å²) in [7, 11) is 4.50. The summed E-state index contributed by atoms with van der Waals surface area (Å²) in [5, 5.41) is 13.4. The largest absolute Gasteiger partial charge is 0.497 e. The number of amides is 1. The maximum atomic E-state index is 12.0. The van der Waals surface area contributed by atoms with E-state index in [-0.39, 0.29) is 12.0 Å². The normalized spacial score (nSPS) is 15.1. The van der Waals surface area contributed by atoms with Crippen LogP contribution in [0.5, 0.6) is 23.0 Å². The maximum absolute atomic E-state index is 12.0. The van der Waals surface area contributed by atoms with Crippen LogP contribution in [0.1, 0.15) is 33.2 Å². The highest BCUT2D eigenvalue weighted by molar-refractivity contribution is 7.21. The third kappa shape index (κ3) is 5.46. The summed E-state index contributed by atoms with van der Waals surface area (Å²) in [6.45, 7) is 4.09. The Bertz CT molecular complexity index is 1540. The van der Waals surface area contributed by atoms with Gasteiger partial charge in [-0.05, 0) is 50.2 Å². The number of methoxy groups -OCH3 is 3. The van der Waals surface area contributed by atoms with Gasteiger partial charge in [0.1, 0.15) is 28.5 Å². The van der Waals surface area contributed by atoms with Gasteiger partial charge in [0, 0.05) is 20.2 Å². The second-order valence-corrected chi connectivity index (χ2v) is 10.4. The van der Waals surface area contributed by atoms with Gasteiger partial charge in [-0.3, -0.25) is 4.79 Å². The van der Waals surface area contributed by atoms with Gasteiger partial charge in [0.05, 0.1) is 27.9 Å². The Morgan fingerprint density at radius 2 is 1.71 bits per heavy atom. The summed E-state index contributed by atoms with van der Waals surface area (Å²) in [6.07, 6.45) is -0.693. The quantitative estimate of drug-likeness (QED) is 0.326. The highest BCUT2D eigenvalue weighted by atomic mass is 32.1. The number of rotatable bonds is 5. The van der Waals surface area contributed by atoms with Crippen LogP contribution in [0.15, 0.2) is 36.4 Å². The molecule has 1 amide bonds. The van der Waals surface area contributed by atoms with Gasteiger partial charge in [0.25, 0.3) is 5.91 Å². The molecule has 4 aromatic rings. The number of nitrogens with one attached hydrogen (secondary N) is 1. The van der Waals surface area contributed by atoms with Crippen molar-refractivity contribution in [1.29, 1.82) is 5.26 Å². The van der Waals surface area contributed by atoms with Crippen LogP contribution >= 0.6 is 22.7 Å². The minimum absolute atomic E-state index is 0.0285. The van der Waals surface area contributed by atoms with Crippen molar-refractivity contribution in [2.75, 3.05) is 27.9 Å². The summed E-state index contributed by atoms with van der Waals surface area (Å²) in [5.41, 5.74) is 0. The predicted molar refractivity (Wildman–Crippen MR) is 146 cm³/mol. The van der Waals surface area contributed by atoms with Crippen molar-refractivity contribution < 1.29 is 33.3 Å². The Kier molecular flexibility index (Phi) is 8.24. The summed E-state index contributed by atoms with van der Waals surface area (Å²) >= 11 is 2.71. The minimum atomic E-state index is -0.664. The van der Waals surface area contributed by atoms with Crippen LogP contribution in [0.25, 0.3) is 20.2 Å². The van der Waals surface area contributed by atoms with Crippen LogP contribution in [0.4, 0.5) is 0 Å². The lowest BCUT2D eigenvalue weighted by molar-refractivity contribution is 0.0601. The topological polar surface area (TPSA) is 116 Å². The molecule has 0 saturated carbocycles. The molecule has 9 nitrogen and oxygen atoms in total. The molecule has 0 bridgehead atoms. The molecule has 2 unspecified atom stereocenters. The molecule has 0 aliphatic carbocycles. The molecule has 0 spiro atoms. The number of thiophene rings is 2. The zero-order chi connectivity index (χ0) is 27.4. The lowest BCUT2D eigenvalue weighted by Crippen LogP contribution is -2.29. The Labute approximate surface area is 227 Å². The number of fused-ring (bicyclic) bond motifs is 4. The Morgan fingerprint density at radius 1 is 1.08 bits per heavy atom. The highest BCUT2D eigenvalue weighted by Gasteiger charge is 2.25. The number of nitriles is 1. The van der Waals surface area contributed by atoms with Crippen LogP contribution in [-0.4, -0.2) is 52.0 Å². The number of hydrogen-bond donors (Lipinski definition) is 1. The summed E-state index contributed by atoms with van der Waals surface area (Å²) < 4.78 is 28.5. The molecular weight excluding hydrogens is 528 g/mol. The fraction of sp³-hybridized carbons (Fsp3) is 0.296. The number of hydrogen-bond acceptors (Lipinski definition) is 10. The first-order valence-corrected chi connectivity index (χ1v) is 13.2. The van der Waals surface area contributed by atoms with Crippen molar-refractivity contribution in [1.82, 2.24) is 5.32 Å². The van der Waals surface area contributed by atoms with Gasteiger partial charge in [-0.1, -0.05) is 0 Å². The van der Waals surface area contributed by atoms with Crippen molar-refractivity contribution in [3.8, 4) is 29.1 Å². The molecular formula is C27H26N2O7S2. The lowest BCUT2D eigenvalue weighted by atomic mass is 10.2. The van der Waals surface area contributed by atoms with Crippen LogP contribution < -0.4 is 24.3 Å². The van der Waals surface area contributed by atoms with Crippen LogP contribution in [0, 0.1) is 11.3 Å². The SMILES string of the molecule is COC(=O)c1sc2ccc(OC)cc2c1OC(C)C#N.COc1ccc2sc3c(c2c1)OC(C)CNC3=O. The molecule has 3 heterocycles. The second-order valence-electron chi connectivity index (χ2n) is 8.26. The molecule has 2 aromatic carbocycles. The van der Waals surface area contributed by atoms with Gasteiger partial charge < -0.3 is 29.0 Å². The van der Waals surface area contributed by atoms with E-state index in [0.717, 1.165) is 25.9 Å². The Balaban J connectivity index is 0.000000178. The minimum Gasteiger partial charge on any atom is -0.497 e. The van der Waals surface area contributed by atoms with E-state index in [2.05, 4.69) is 5.32 Å². The van der Waals surface area contributed by atoms with Gasteiger partial charge in [0.2, 0.25) is 0 Å². The lowest BCUT2D eigenvalue weighted by Gasteiger charge is -2.10. The molecule has 2 atom stereocenters. The van der Waals surface area contributed by atoms with E-state index in [0.29, 0.717) is 33.5 Å². The van der Waals surface area contributed by atoms with E-state index in [4.69, 9.17) is 28.9 Å². The number of carbonyl (C=O) groups excluding carboxylic acids is 2. The summed E-state index contributed by atoms with van der Waals surface area (Å²) in [6, 6.07) is 13.2. The smallest absolute Gasteiger partial charge is 0.351 e. The first-order valence-electron chi connectivity index (χ1n) is 11.6. The molecule has 2 aromatic heterocycles. The number of carbonyl (C=O) groups is 2. The molecule has 0 radical (unpaired) electrons. The number of benzene rings is 2. The third-order valence-corrected chi connectivity index (χ3v) is 7.90. The standard InChI is InChI=1S/C14H13NO4S.C13H13NO3S/c1-8(7-15)19-12-10-6-9(17-2)4-5-11(10)20-13(12)14(16)18-3;1-7-6-14-13(15)12-11(17-7)9-5-8(16-2)3-4-10(9)18-12/h4-6,8H,1-3H3;3-5,7H,6H2,1-2H3,(H,14,15). The van der Waals surface area contributed by atoms with E-state index in [9.17, 15) is 9.59 Å². The number of ether oxygens (including phenoxy) is 5. The average molecular weight is 555 g/mol. The molecule has 1 aliphatic rings. The molecule has 0 saturated heterocycles. The maximum Gasteiger partial charge on any atom is 0.351 e. The summed E-state index contributed by atoms with van der Waals surface area (Å²) in [5.74, 6) is 1.92. The molecule has 0 fully saturated rings. The van der Waals surface area contributed by atoms with Crippen molar-refractivity contribution in [3.05, 3.63) is 46.2 Å². The summed E-state index contributed by atoms with van der Waals surface area (Å²) in [4.78, 5) is 24.8. The van der Waals surface area contributed by atoms with Crippen LogP contribution in [0.2, 0.25) is 0 Å². The van der Waals surface area contributed by atoms with Gasteiger partial charge in [0.15, 0.2) is 22.5 Å². The number of nitrogens with zero attached hydrogens (tertiary/aromatic N) is 1. The monoisotopic (exact) mass is 554 g/mol. The average Bonchev–Trinajstić information content (AvgIpc) is 3.44. The van der Waals surface area contributed by atoms with Crippen molar-refractivity contribution in [2.24, 2.45) is 0 Å². The molecule has 5 rings (SSSR count). The molecule has 38 heavy (non-hydrogen) atoms. The van der Waals surface area contributed by atoms with Crippen molar-refractivity contribution in [2.45, 2.75) is 26.1 Å². The molecule has 11 heteroatoms. The zero-order valence-corrected chi connectivity index (χ0v) is 23.1. The van der Waals surface area contributed by atoms with Crippen LogP contribution in [-0.2, 0) is 4.74 Å². The fourth-order valence-corrected chi connectivity index (χ4v) is 5.80. The Hall–Kier alpha value is -4.01. The Morgan fingerprint density at radius 3 is 2.32 bits per heavy atom. The van der Waals surface area contributed by atoms with Crippen molar-refractivity contribution >= 4 is 54.7 Å². The second kappa shape index (κ2) is 11.6. The van der Waals surface area contributed by atoms with Crippen molar-refractivity contribution in [3.63, 3.8) is 0 Å². The van der Waals surface area contributed by atoms with Gasteiger partial charge in [-0.15, -0.1) is 22.7 Å². The molecule has 1 aliphatic heterocycles. The van der Waals surface area contributed by atoms with E-state index in [1.807, 2.05) is 37.3 Å². The fourth-order valence-electron chi connectivity index (χ4n) is 3.74. The van der Waals surface area contributed by atoms with E-state index >= 15 is 0 Å². The highest BCUT2D eigenvalue weighted by Crippen LogP contribution is 2.41. The molecule has 1 N–H and O–H groups in total. The van der Waals surface area contributed by atoms with Gasteiger partial charge in [-0.25, -0.2) is 4.79 Å². The zero-order valence-electron chi connectivity index (χ0n) is 21.4. The first kappa shape index (κ1) is 27.0. The van der Waals surface area contributed by atoms with Gasteiger partial charge >= 0.3 is 5.97 Å². The van der Waals surface area contributed by atoms with Crippen LogP contribution in [0.3, 0.4) is 0 Å². The van der Waals surface area contributed by atoms with E-state index in [1.54, 1.807) is 33.3 Å².